The molecule has 0 N–H and O–H groups in total. The van der Waals surface area contributed by atoms with Crippen molar-refractivity contribution in [3.05, 3.63) is 33.0 Å². The first-order valence-electron chi connectivity index (χ1n) is 4.84. The summed E-state index contributed by atoms with van der Waals surface area (Å²) in [5.41, 5.74) is 2.34. The van der Waals surface area contributed by atoms with Gasteiger partial charge in [-0.25, -0.2) is 4.98 Å². The van der Waals surface area contributed by atoms with Crippen molar-refractivity contribution in [2.75, 3.05) is 13.2 Å². The lowest BCUT2D eigenvalue weighted by Gasteiger charge is -2.15. The molecule has 1 fully saturated rings. The van der Waals surface area contributed by atoms with Gasteiger partial charge in [0, 0.05) is 16.2 Å². The normalized spacial score (nSPS) is 16.5. The maximum absolute atomic E-state index is 6.03. The van der Waals surface area contributed by atoms with Crippen LogP contribution in [0, 0.1) is 0 Å². The Morgan fingerprint density at radius 1 is 1.40 bits per heavy atom. The van der Waals surface area contributed by atoms with E-state index >= 15 is 0 Å². The Labute approximate surface area is 102 Å². The molecule has 0 amide bonds. The Hall–Kier alpha value is -0.380. The fourth-order valence-electron chi connectivity index (χ4n) is 1.54. The highest BCUT2D eigenvalue weighted by atomic mass is 79.9. The molecule has 80 valence electrons. The lowest BCUT2D eigenvalue weighted by atomic mass is 10.1. The number of hydrogen-bond donors (Lipinski definition) is 0. The van der Waals surface area contributed by atoms with Crippen molar-refractivity contribution in [1.29, 1.82) is 0 Å². The van der Waals surface area contributed by atoms with Gasteiger partial charge in [-0.1, -0.05) is 39.2 Å². The SMILES string of the molecule is Clc1nccc(Br)c1C=C1CCOCC1. The summed E-state index contributed by atoms with van der Waals surface area (Å²) in [5, 5.41) is 0.545. The minimum atomic E-state index is 0.545. The molecule has 1 aliphatic heterocycles. The van der Waals surface area contributed by atoms with Gasteiger partial charge in [0.1, 0.15) is 5.15 Å². The van der Waals surface area contributed by atoms with Crippen LogP contribution in [0.4, 0.5) is 0 Å². The fraction of sp³-hybridized carbons (Fsp3) is 0.364. The van der Waals surface area contributed by atoms with Crippen LogP contribution in [0.15, 0.2) is 22.3 Å². The van der Waals surface area contributed by atoms with Crippen LogP contribution >= 0.6 is 27.5 Å². The molecule has 2 nitrogen and oxygen atoms in total. The van der Waals surface area contributed by atoms with E-state index in [1.807, 2.05) is 6.07 Å². The molecule has 1 saturated heterocycles. The smallest absolute Gasteiger partial charge is 0.137 e. The zero-order chi connectivity index (χ0) is 10.7. The van der Waals surface area contributed by atoms with E-state index in [1.165, 1.54) is 5.57 Å². The Kier molecular flexibility index (Phi) is 3.78. The molecule has 1 aromatic rings. The van der Waals surface area contributed by atoms with Crippen molar-refractivity contribution in [2.24, 2.45) is 0 Å². The average molecular weight is 289 g/mol. The van der Waals surface area contributed by atoms with E-state index < -0.39 is 0 Å². The maximum atomic E-state index is 6.03. The molecule has 2 rings (SSSR count). The van der Waals surface area contributed by atoms with E-state index in [9.17, 15) is 0 Å². The lowest BCUT2D eigenvalue weighted by Crippen LogP contribution is -2.07. The summed E-state index contributed by atoms with van der Waals surface area (Å²) in [7, 11) is 0. The minimum absolute atomic E-state index is 0.545. The summed E-state index contributed by atoms with van der Waals surface area (Å²) >= 11 is 9.51. The molecule has 1 aliphatic rings. The van der Waals surface area contributed by atoms with Crippen LogP contribution in [0.3, 0.4) is 0 Å². The number of aromatic nitrogens is 1. The minimum Gasteiger partial charge on any atom is -0.381 e. The molecule has 1 aromatic heterocycles. The van der Waals surface area contributed by atoms with Crippen molar-refractivity contribution in [3.8, 4) is 0 Å². The monoisotopic (exact) mass is 287 g/mol. The largest absolute Gasteiger partial charge is 0.381 e. The first-order valence-corrected chi connectivity index (χ1v) is 6.01. The third kappa shape index (κ3) is 2.80. The van der Waals surface area contributed by atoms with Gasteiger partial charge in [-0.15, -0.1) is 0 Å². The first-order chi connectivity index (χ1) is 7.27. The standard InChI is InChI=1S/C11H11BrClNO/c12-10-1-4-14-11(13)9(10)7-8-2-5-15-6-3-8/h1,4,7H,2-3,5-6H2. The molecule has 4 heteroatoms. The van der Waals surface area contributed by atoms with Crippen molar-refractivity contribution in [3.63, 3.8) is 0 Å². The van der Waals surface area contributed by atoms with E-state index in [0.29, 0.717) is 5.15 Å². The molecule has 2 heterocycles. The Bertz CT molecular complexity index is 364. The number of rotatable bonds is 1. The molecule has 0 saturated carbocycles. The van der Waals surface area contributed by atoms with Gasteiger partial charge < -0.3 is 4.74 Å². The molecule has 0 spiro atoms. The van der Waals surface area contributed by atoms with E-state index in [2.05, 4.69) is 27.0 Å². The van der Waals surface area contributed by atoms with Crippen molar-refractivity contribution < 1.29 is 4.74 Å². The van der Waals surface area contributed by atoms with Crippen molar-refractivity contribution >= 4 is 33.6 Å². The van der Waals surface area contributed by atoms with Gasteiger partial charge in [-0.3, -0.25) is 0 Å². The summed E-state index contributed by atoms with van der Waals surface area (Å²) < 4.78 is 6.28. The zero-order valence-electron chi connectivity index (χ0n) is 8.17. The highest BCUT2D eigenvalue weighted by Gasteiger charge is 2.08. The number of hydrogen-bond acceptors (Lipinski definition) is 2. The van der Waals surface area contributed by atoms with Crippen LogP contribution in [0.2, 0.25) is 5.15 Å². The second-order valence-electron chi connectivity index (χ2n) is 3.41. The topological polar surface area (TPSA) is 22.1 Å². The summed E-state index contributed by atoms with van der Waals surface area (Å²) in [4.78, 5) is 4.07. The van der Waals surface area contributed by atoms with Gasteiger partial charge in [0.15, 0.2) is 0 Å². The van der Waals surface area contributed by atoms with Gasteiger partial charge in [-0.05, 0) is 18.9 Å². The number of ether oxygens (including phenoxy) is 1. The maximum Gasteiger partial charge on any atom is 0.137 e. The van der Waals surface area contributed by atoms with Gasteiger partial charge in [-0.2, -0.15) is 0 Å². The second-order valence-corrected chi connectivity index (χ2v) is 4.62. The molecule has 0 unspecified atom stereocenters. The van der Waals surface area contributed by atoms with E-state index in [0.717, 1.165) is 36.1 Å². The lowest BCUT2D eigenvalue weighted by molar-refractivity contribution is 0.119. The van der Waals surface area contributed by atoms with Crippen LogP contribution in [0.25, 0.3) is 6.08 Å². The van der Waals surface area contributed by atoms with Gasteiger partial charge in [0.25, 0.3) is 0 Å². The zero-order valence-corrected chi connectivity index (χ0v) is 10.5. The van der Waals surface area contributed by atoms with Gasteiger partial charge in [0.2, 0.25) is 0 Å². The quantitative estimate of drug-likeness (QED) is 0.735. The van der Waals surface area contributed by atoms with Crippen molar-refractivity contribution in [2.45, 2.75) is 12.8 Å². The summed E-state index contributed by atoms with van der Waals surface area (Å²) in [6, 6.07) is 1.90. The molecular formula is C11H11BrClNO. The molecule has 0 radical (unpaired) electrons. The van der Waals surface area contributed by atoms with Crippen molar-refractivity contribution in [1.82, 2.24) is 4.98 Å². The predicted octanol–water partition coefficient (Wildman–Crippen LogP) is 3.69. The summed E-state index contributed by atoms with van der Waals surface area (Å²) in [6.45, 7) is 1.61. The Morgan fingerprint density at radius 2 is 2.13 bits per heavy atom. The highest BCUT2D eigenvalue weighted by molar-refractivity contribution is 9.10. The predicted molar refractivity (Wildman–Crippen MR) is 65.0 cm³/mol. The Morgan fingerprint density at radius 3 is 2.80 bits per heavy atom. The third-order valence-corrected chi connectivity index (χ3v) is 3.36. The van der Waals surface area contributed by atoms with Crippen LogP contribution < -0.4 is 0 Å². The molecule has 0 aromatic carbocycles. The number of pyridine rings is 1. The molecule has 0 aliphatic carbocycles. The van der Waals surface area contributed by atoms with Gasteiger partial charge >= 0.3 is 0 Å². The summed E-state index contributed by atoms with van der Waals surface area (Å²) in [6.07, 6.45) is 5.77. The fourth-order valence-corrected chi connectivity index (χ4v) is 2.28. The summed E-state index contributed by atoms with van der Waals surface area (Å²) in [5.74, 6) is 0. The third-order valence-electron chi connectivity index (χ3n) is 2.37. The molecular weight excluding hydrogens is 277 g/mol. The van der Waals surface area contributed by atoms with Gasteiger partial charge in [0.05, 0.1) is 13.2 Å². The van der Waals surface area contributed by atoms with Crippen LogP contribution in [0.1, 0.15) is 18.4 Å². The number of halogens is 2. The second kappa shape index (κ2) is 5.10. The van der Waals surface area contributed by atoms with E-state index in [4.69, 9.17) is 16.3 Å². The van der Waals surface area contributed by atoms with Crippen LogP contribution in [0.5, 0.6) is 0 Å². The Balaban J connectivity index is 2.29. The molecule has 0 bridgehead atoms. The number of nitrogens with zero attached hydrogens (tertiary/aromatic N) is 1. The highest BCUT2D eigenvalue weighted by Crippen LogP contribution is 2.27. The first kappa shape index (κ1) is 11.1. The molecule has 15 heavy (non-hydrogen) atoms. The molecule has 0 atom stereocenters. The van der Waals surface area contributed by atoms with E-state index in [-0.39, 0.29) is 0 Å². The van der Waals surface area contributed by atoms with Crippen LogP contribution in [-0.2, 0) is 4.74 Å². The van der Waals surface area contributed by atoms with E-state index in [1.54, 1.807) is 6.20 Å². The average Bonchev–Trinajstić information content (AvgIpc) is 2.25. The van der Waals surface area contributed by atoms with Crippen LogP contribution in [-0.4, -0.2) is 18.2 Å².